The van der Waals surface area contributed by atoms with Gasteiger partial charge < -0.3 is 9.84 Å². The van der Waals surface area contributed by atoms with Gasteiger partial charge in [-0.15, -0.1) is 11.3 Å². The number of aromatic carboxylic acids is 1. The van der Waals surface area contributed by atoms with E-state index in [1.165, 1.54) is 0 Å². The highest BCUT2D eigenvalue weighted by Gasteiger charge is 2.38. The Hall–Kier alpha value is -3.33. The number of rotatable bonds is 4. The van der Waals surface area contributed by atoms with E-state index in [0.29, 0.717) is 16.7 Å². The van der Waals surface area contributed by atoms with Crippen molar-refractivity contribution in [1.29, 1.82) is 0 Å². The molecule has 1 heterocycles. The van der Waals surface area contributed by atoms with Crippen LogP contribution in [0.5, 0.6) is 0 Å². The van der Waals surface area contributed by atoms with Crippen LogP contribution < -0.4 is 5.32 Å². The lowest BCUT2D eigenvalue weighted by molar-refractivity contribution is -0.137. The van der Waals surface area contributed by atoms with Crippen molar-refractivity contribution in [3.63, 3.8) is 0 Å². The van der Waals surface area contributed by atoms with E-state index in [1.54, 1.807) is 0 Å². The molecule has 5 nitrogen and oxygen atoms in total. The Bertz CT molecular complexity index is 1090. The summed E-state index contributed by atoms with van der Waals surface area (Å²) in [6.07, 6.45) is -5.86. The van der Waals surface area contributed by atoms with E-state index < -0.39 is 34.4 Å². The summed E-state index contributed by atoms with van der Waals surface area (Å²) in [4.78, 5) is 23.5. The number of ether oxygens (including phenoxy) is 1. The maximum absolute atomic E-state index is 13.0. The van der Waals surface area contributed by atoms with Crippen LogP contribution in [0.25, 0.3) is 11.1 Å². The van der Waals surface area contributed by atoms with Crippen molar-refractivity contribution in [3.8, 4) is 11.1 Å². The fraction of sp³-hybridized carbons (Fsp3) is 0.143. The van der Waals surface area contributed by atoms with Crippen molar-refractivity contribution in [2.75, 3.05) is 11.9 Å². The lowest BCUT2D eigenvalue weighted by atomic mass is 9.98. The Kier molecular flexibility index (Phi) is 4.98. The standard InChI is InChI=1S/C21H14F3NO4S/c22-21(23,24)16-10-30-18(17(16)19(26)27)25-20(28)29-9-15-13-7-3-1-5-11(13)12-6-2-4-8-14(12)15/h1-8,10,15H,9H2,(H,25,28)(H,26,27). The number of hydrogen-bond acceptors (Lipinski definition) is 4. The quantitative estimate of drug-likeness (QED) is 0.543. The Morgan fingerprint density at radius 2 is 1.60 bits per heavy atom. The van der Waals surface area contributed by atoms with Crippen molar-refractivity contribution in [2.24, 2.45) is 0 Å². The molecule has 0 fully saturated rings. The largest absolute Gasteiger partial charge is 0.478 e. The number of benzene rings is 2. The van der Waals surface area contributed by atoms with Crippen LogP contribution in [0.1, 0.15) is 33.0 Å². The van der Waals surface area contributed by atoms with Crippen LogP contribution in [0.3, 0.4) is 0 Å². The predicted octanol–water partition coefficient (Wildman–Crippen LogP) is 5.83. The number of thiophene rings is 1. The Morgan fingerprint density at radius 1 is 1.03 bits per heavy atom. The van der Waals surface area contributed by atoms with Crippen LogP contribution in [0.15, 0.2) is 53.9 Å². The molecule has 2 N–H and O–H groups in total. The highest BCUT2D eigenvalue weighted by molar-refractivity contribution is 7.15. The van der Waals surface area contributed by atoms with Gasteiger partial charge in [-0.1, -0.05) is 48.5 Å². The van der Waals surface area contributed by atoms with Crippen molar-refractivity contribution in [2.45, 2.75) is 12.1 Å². The number of carbonyl (C=O) groups excluding carboxylic acids is 1. The van der Waals surface area contributed by atoms with E-state index in [9.17, 15) is 22.8 Å². The number of anilines is 1. The molecule has 0 spiro atoms. The van der Waals surface area contributed by atoms with Crippen LogP contribution in [-0.2, 0) is 10.9 Å². The number of carboxylic acids is 1. The van der Waals surface area contributed by atoms with Gasteiger partial charge in [0, 0.05) is 11.3 Å². The molecule has 0 saturated heterocycles. The molecule has 0 atom stereocenters. The minimum absolute atomic E-state index is 0.0419. The summed E-state index contributed by atoms with van der Waals surface area (Å²) in [6, 6.07) is 15.4. The van der Waals surface area contributed by atoms with Gasteiger partial charge in [0.1, 0.15) is 17.2 Å². The predicted molar refractivity (Wildman–Crippen MR) is 105 cm³/mol. The third-order valence-electron chi connectivity index (χ3n) is 4.87. The molecule has 4 rings (SSSR count). The first-order valence-corrected chi connectivity index (χ1v) is 9.69. The fourth-order valence-electron chi connectivity index (χ4n) is 3.60. The monoisotopic (exact) mass is 433 g/mol. The summed E-state index contributed by atoms with van der Waals surface area (Å²) in [7, 11) is 0. The van der Waals surface area contributed by atoms with Crippen molar-refractivity contribution in [1.82, 2.24) is 0 Å². The SMILES string of the molecule is O=C(Nc1scc(C(F)(F)F)c1C(=O)O)OCC1c2ccccc2-c2ccccc21. The van der Waals surface area contributed by atoms with E-state index in [0.717, 1.165) is 22.3 Å². The second-order valence-electron chi connectivity index (χ2n) is 6.61. The normalized spacial score (nSPS) is 12.9. The van der Waals surface area contributed by atoms with Gasteiger partial charge in [-0.25, -0.2) is 9.59 Å². The zero-order valence-corrected chi connectivity index (χ0v) is 16.0. The third-order valence-corrected chi connectivity index (χ3v) is 5.77. The highest BCUT2D eigenvalue weighted by atomic mass is 32.1. The average Bonchev–Trinajstić information content (AvgIpc) is 3.26. The molecule has 0 radical (unpaired) electrons. The third kappa shape index (κ3) is 3.52. The van der Waals surface area contributed by atoms with Gasteiger partial charge in [-0.2, -0.15) is 13.2 Å². The first-order chi connectivity index (χ1) is 14.3. The molecule has 0 aliphatic heterocycles. The number of amides is 1. The second-order valence-corrected chi connectivity index (χ2v) is 7.49. The molecular formula is C21H14F3NO4S. The van der Waals surface area contributed by atoms with Crippen molar-refractivity contribution in [3.05, 3.63) is 76.2 Å². The number of carboxylic acid groups (broad SMARTS) is 1. The molecule has 9 heteroatoms. The number of fused-ring (bicyclic) bond motifs is 3. The van der Waals surface area contributed by atoms with Crippen LogP contribution >= 0.6 is 11.3 Å². The van der Waals surface area contributed by atoms with Crippen LogP contribution in [0.2, 0.25) is 0 Å². The highest BCUT2D eigenvalue weighted by Crippen LogP contribution is 2.44. The summed E-state index contributed by atoms with van der Waals surface area (Å²) >= 11 is 0.482. The van der Waals surface area contributed by atoms with Gasteiger partial charge in [0.25, 0.3) is 0 Å². The number of hydrogen-bond donors (Lipinski definition) is 2. The number of carbonyl (C=O) groups is 2. The van der Waals surface area contributed by atoms with Gasteiger partial charge >= 0.3 is 18.2 Å². The maximum Gasteiger partial charge on any atom is 0.418 e. The summed E-state index contributed by atoms with van der Waals surface area (Å²) < 4.78 is 44.2. The minimum atomic E-state index is -4.84. The van der Waals surface area contributed by atoms with Crippen molar-refractivity contribution < 1.29 is 32.6 Å². The summed E-state index contributed by atoms with van der Waals surface area (Å²) in [5.74, 6) is -2.01. The molecule has 0 saturated carbocycles. The van der Waals surface area contributed by atoms with Gasteiger partial charge in [-0.05, 0) is 22.3 Å². The van der Waals surface area contributed by atoms with Gasteiger partial charge in [0.2, 0.25) is 0 Å². The van der Waals surface area contributed by atoms with E-state index in [4.69, 9.17) is 9.84 Å². The lowest BCUT2D eigenvalue weighted by Gasteiger charge is -2.14. The van der Waals surface area contributed by atoms with E-state index in [1.807, 2.05) is 48.5 Å². The molecule has 1 amide bonds. The van der Waals surface area contributed by atoms with Gasteiger partial charge in [0.15, 0.2) is 0 Å². The van der Waals surface area contributed by atoms with Gasteiger partial charge in [-0.3, -0.25) is 5.32 Å². The molecule has 1 aromatic heterocycles. The number of alkyl halides is 3. The average molecular weight is 433 g/mol. The zero-order valence-electron chi connectivity index (χ0n) is 15.2. The second kappa shape index (κ2) is 7.49. The van der Waals surface area contributed by atoms with E-state index >= 15 is 0 Å². The molecule has 154 valence electrons. The summed E-state index contributed by atoms with van der Waals surface area (Å²) in [6.45, 7) is -0.0419. The number of nitrogens with one attached hydrogen (secondary N) is 1. The van der Waals surface area contributed by atoms with Crippen molar-refractivity contribution >= 4 is 28.4 Å². The first-order valence-electron chi connectivity index (χ1n) is 8.81. The number of halogens is 3. The smallest absolute Gasteiger partial charge is 0.418 e. The molecule has 30 heavy (non-hydrogen) atoms. The minimum Gasteiger partial charge on any atom is -0.478 e. The Morgan fingerprint density at radius 3 is 2.13 bits per heavy atom. The summed E-state index contributed by atoms with van der Waals surface area (Å²) in [5, 5.41) is 11.5. The lowest BCUT2D eigenvalue weighted by Crippen LogP contribution is -2.19. The Balaban J connectivity index is 1.52. The van der Waals surface area contributed by atoms with E-state index in [-0.39, 0.29) is 12.5 Å². The molecule has 2 aromatic carbocycles. The van der Waals surface area contributed by atoms with Gasteiger partial charge in [0.05, 0.1) is 5.56 Å². The topological polar surface area (TPSA) is 75.6 Å². The summed E-state index contributed by atoms with van der Waals surface area (Å²) in [5.41, 5.74) is 1.71. The fourth-order valence-corrected chi connectivity index (χ4v) is 4.54. The van der Waals surface area contributed by atoms with Crippen LogP contribution in [-0.4, -0.2) is 23.8 Å². The molecule has 0 unspecified atom stereocenters. The molecule has 3 aromatic rings. The zero-order chi connectivity index (χ0) is 21.5. The molecule has 0 bridgehead atoms. The van der Waals surface area contributed by atoms with Crippen LogP contribution in [0.4, 0.5) is 23.0 Å². The van der Waals surface area contributed by atoms with Crippen LogP contribution in [0, 0.1) is 0 Å². The maximum atomic E-state index is 13.0. The molecule has 1 aliphatic carbocycles. The molecular weight excluding hydrogens is 419 g/mol. The first kappa shape index (κ1) is 20.0. The molecule has 1 aliphatic rings. The Labute approximate surface area is 172 Å². The van der Waals surface area contributed by atoms with E-state index in [2.05, 4.69) is 5.32 Å².